The summed E-state index contributed by atoms with van der Waals surface area (Å²) < 4.78 is 16.6. The Morgan fingerprint density at radius 1 is 1.42 bits per heavy atom. The van der Waals surface area contributed by atoms with Crippen LogP contribution in [0.3, 0.4) is 0 Å². The maximum atomic E-state index is 12.6. The first-order valence-corrected chi connectivity index (χ1v) is 8.15. The van der Waals surface area contributed by atoms with Crippen molar-refractivity contribution in [2.75, 3.05) is 19.5 Å². The van der Waals surface area contributed by atoms with Crippen LogP contribution >= 0.6 is 11.8 Å². The van der Waals surface area contributed by atoms with Crippen LogP contribution in [0, 0.1) is 0 Å². The molecule has 8 nitrogen and oxygen atoms in total. The standard InChI is InChI=1S/C15H19N3O5S/c1-5-12(24-14-15(20)23-17-18(14)2)13(19)16-10-8-9(21-3)6-7-11(10)22-4/h6-8,12H,5H2,1-4H3,(H-,16,17,19,20)/p+1. The van der Waals surface area contributed by atoms with Crippen molar-refractivity contribution in [2.45, 2.75) is 23.6 Å². The van der Waals surface area contributed by atoms with Gasteiger partial charge in [0.25, 0.3) is 0 Å². The molecule has 1 atom stereocenters. The maximum absolute atomic E-state index is 12.6. The van der Waals surface area contributed by atoms with E-state index < -0.39 is 10.9 Å². The van der Waals surface area contributed by atoms with Crippen molar-refractivity contribution >= 4 is 23.4 Å². The number of rotatable bonds is 7. The third kappa shape index (κ3) is 3.91. The SMILES string of the molecule is CCC(Sc1c(=O)o[nH][n+]1C)C(=O)Nc1cc(OC)ccc1OC. The summed E-state index contributed by atoms with van der Waals surface area (Å²) in [5, 5.41) is 5.11. The summed E-state index contributed by atoms with van der Waals surface area (Å²) in [6.45, 7) is 1.87. The number of hydrogen-bond acceptors (Lipinski definition) is 6. The molecule has 0 fully saturated rings. The molecule has 1 aromatic heterocycles. The monoisotopic (exact) mass is 354 g/mol. The number of anilines is 1. The van der Waals surface area contributed by atoms with Gasteiger partial charge in [0.2, 0.25) is 5.91 Å². The number of carbonyl (C=O) groups excluding carboxylic acids is 1. The number of benzene rings is 1. The second-order valence-electron chi connectivity index (χ2n) is 4.92. The van der Waals surface area contributed by atoms with Crippen LogP contribution in [0.4, 0.5) is 5.69 Å². The Morgan fingerprint density at radius 3 is 2.71 bits per heavy atom. The van der Waals surface area contributed by atoms with Crippen LogP contribution in [0.5, 0.6) is 11.5 Å². The number of aromatic amines is 1. The van der Waals surface area contributed by atoms with Gasteiger partial charge in [0.1, 0.15) is 11.5 Å². The molecule has 0 saturated heterocycles. The van der Waals surface area contributed by atoms with Gasteiger partial charge >= 0.3 is 10.7 Å². The lowest BCUT2D eigenvalue weighted by molar-refractivity contribution is -0.772. The van der Waals surface area contributed by atoms with E-state index >= 15 is 0 Å². The zero-order valence-corrected chi connectivity index (χ0v) is 14.7. The molecule has 0 bridgehead atoms. The number of amides is 1. The van der Waals surface area contributed by atoms with Crippen LogP contribution in [0.25, 0.3) is 0 Å². The zero-order valence-electron chi connectivity index (χ0n) is 13.9. The maximum Gasteiger partial charge on any atom is 0.441 e. The average molecular weight is 354 g/mol. The first kappa shape index (κ1) is 17.9. The smallest absolute Gasteiger partial charge is 0.441 e. The highest BCUT2D eigenvalue weighted by Gasteiger charge is 2.28. The van der Waals surface area contributed by atoms with Gasteiger partial charge in [-0.1, -0.05) is 11.6 Å². The van der Waals surface area contributed by atoms with Crippen LogP contribution in [-0.4, -0.2) is 30.6 Å². The number of hydrogen-bond donors (Lipinski definition) is 2. The van der Waals surface area contributed by atoms with Gasteiger partial charge in [0, 0.05) is 6.07 Å². The second-order valence-corrected chi connectivity index (χ2v) is 6.11. The van der Waals surface area contributed by atoms with Crippen molar-refractivity contribution in [2.24, 2.45) is 7.05 Å². The lowest BCUT2D eigenvalue weighted by Gasteiger charge is -2.15. The Balaban J connectivity index is 2.19. The summed E-state index contributed by atoms with van der Waals surface area (Å²) in [6.07, 6.45) is 0.535. The molecule has 0 aliphatic carbocycles. The molecule has 1 aromatic carbocycles. The molecule has 0 aliphatic heterocycles. The molecule has 2 rings (SSSR count). The van der Waals surface area contributed by atoms with Gasteiger partial charge < -0.3 is 14.8 Å². The van der Waals surface area contributed by atoms with Crippen LogP contribution < -0.4 is 25.1 Å². The summed E-state index contributed by atoms with van der Waals surface area (Å²) in [6, 6.07) is 5.13. The molecule has 2 aromatic rings. The third-order valence-electron chi connectivity index (χ3n) is 3.34. The highest BCUT2D eigenvalue weighted by molar-refractivity contribution is 8.00. The third-order valence-corrected chi connectivity index (χ3v) is 4.83. The van der Waals surface area contributed by atoms with Crippen molar-refractivity contribution < 1.29 is 23.5 Å². The normalized spacial score (nSPS) is 11.8. The van der Waals surface area contributed by atoms with Crippen LogP contribution in [0.2, 0.25) is 0 Å². The highest BCUT2D eigenvalue weighted by Crippen LogP contribution is 2.30. The van der Waals surface area contributed by atoms with E-state index in [1.807, 2.05) is 6.92 Å². The fourth-order valence-electron chi connectivity index (χ4n) is 2.04. The molecular weight excluding hydrogens is 334 g/mol. The number of aryl methyl sites for hydroxylation is 1. The molecule has 9 heteroatoms. The first-order chi connectivity index (χ1) is 11.5. The van der Waals surface area contributed by atoms with Gasteiger partial charge in [0.05, 0.1) is 25.2 Å². The van der Waals surface area contributed by atoms with Crippen molar-refractivity contribution in [3.63, 3.8) is 0 Å². The van der Waals surface area contributed by atoms with E-state index in [0.29, 0.717) is 28.6 Å². The minimum Gasteiger partial charge on any atom is -0.497 e. The molecule has 0 aliphatic rings. The lowest BCUT2D eigenvalue weighted by atomic mass is 10.2. The van der Waals surface area contributed by atoms with Crippen LogP contribution in [0.1, 0.15) is 13.3 Å². The van der Waals surface area contributed by atoms with Gasteiger partial charge in [0.15, 0.2) is 7.05 Å². The summed E-state index contributed by atoms with van der Waals surface area (Å²) in [5.74, 6) is 0.884. The van der Waals surface area contributed by atoms with Gasteiger partial charge in [-0.05, 0) is 35.6 Å². The molecular formula is C15H20N3O5S+. The minimum absolute atomic E-state index is 0.241. The number of thioether (sulfide) groups is 1. The minimum atomic E-state index is -0.507. The van der Waals surface area contributed by atoms with Gasteiger partial charge in [-0.2, -0.15) is 0 Å². The fourth-order valence-corrected chi connectivity index (χ4v) is 2.98. The average Bonchev–Trinajstić information content (AvgIpc) is 2.90. The largest absolute Gasteiger partial charge is 0.497 e. The van der Waals surface area contributed by atoms with E-state index in [1.165, 1.54) is 11.8 Å². The number of carbonyl (C=O) groups is 1. The summed E-state index contributed by atoms with van der Waals surface area (Å²) >= 11 is 1.14. The molecule has 130 valence electrons. The predicted octanol–water partition coefficient (Wildman–Crippen LogP) is 1.32. The van der Waals surface area contributed by atoms with Gasteiger partial charge in [-0.3, -0.25) is 9.32 Å². The Hall–Kier alpha value is -2.42. The van der Waals surface area contributed by atoms with E-state index in [4.69, 9.17) is 14.0 Å². The molecule has 1 unspecified atom stereocenters. The number of aromatic nitrogens is 2. The zero-order chi connectivity index (χ0) is 17.7. The Kier molecular flexibility index (Phi) is 5.91. The summed E-state index contributed by atoms with van der Waals surface area (Å²) in [7, 11) is 4.71. The van der Waals surface area contributed by atoms with Crippen LogP contribution in [0.15, 0.2) is 32.5 Å². The number of H-pyrrole nitrogens is 1. The van der Waals surface area contributed by atoms with Crippen molar-refractivity contribution in [3.05, 3.63) is 28.6 Å². The lowest BCUT2D eigenvalue weighted by Crippen LogP contribution is -2.35. The molecule has 0 saturated carbocycles. The highest BCUT2D eigenvalue weighted by atomic mass is 32.2. The van der Waals surface area contributed by atoms with Crippen LogP contribution in [-0.2, 0) is 11.8 Å². The quantitative estimate of drug-likeness (QED) is 0.575. The fraction of sp³-hybridized carbons (Fsp3) is 0.400. The molecule has 1 amide bonds. The number of nitrogens with one attached hydrogen (secondary N) is 2. The van der Waals surface area contributed by atoms with Gasteiger partial charge in [-0.15, -0.1) is 0 Å². The van der Waals surface area contributed by atoms with E-state index in [-0.39, 0.29) is 5.91 Å². The Bertz CT molecular complexity index is 771. The molecule has 0 spiro atoms. The molecule has 0 radical (unpaired) electrons. The van der Waals surface area contributed by atoms with Crippen molar-refractivity contribution in [1.29, 1.82) is 0 Å². The number of ether oxygens (including phenoxy) is 2. The van der Waals surface area contributed by atoms with Crippen molar-refractivity contribution in [3.8, 4) is 11.5 Å². The van der Waals surface area contributed by atoms with E-state index in [1.54, 1.807) is 32.4 Å². The number of methoxy groups -OCH3 is 2. The Morgan fingerprint density at radius 2 is 2.17 bits per heavy atom. The van der Waals surface area contributed by atoms with E-state index in [0.717, 1.165) is 11.8 Å². The molecule has 1 heterocycles. The van der Waals surface area contributed by atoms with E-state index in [2.05, 4.69) is 10.6 Å². The molecule has 2 N–H and O–H groups in total. The topological polar surface area (TPSA) is 97.4 Å². The van der Waals surface area contributed by atoms with Crippen molar-refractivity contribution in [1.82, 2.24) is 5.27 Å². The first-order valence-electron chi connectivity index (χ1n) is 7.27. The predicted molar refractivity (Wildman–Crippen MR) is 88.6 cm³/mol. The number of nitrogens with zero attached hydrogens (tertiary/aromatic N) is 1. The summed E-state index contributed by atoms with van der Waals surface area (Å²) in [5.41, 5.74) is -0.000844. The van der Waals surface area contributed by atoms with E-state index in [9.17, 15) is 9.59 Å². The summed E-state index contributed by atoms with van der Waals surface area (Å²) in [4.78, 5) is 24.2. The second kappa shape index (κ2) is 7.91. The Labute approximate surface area is 143 Å². The van der Waals surface area contributed by atoms with Gasteiger partial charge in [-0.25, -0.2) is 4.79 Å². The molecule has 24 heavy (non-hydrogen) atoms.